The maximum Gasteiger partial charge on any atom is 0.330 e. The monoisotopic (exact) mass is 561 g/mol. The molecule has 0 fully saturated rings. The summed E-state index contributed by atoms with van der Waals surface area (Å²) in [6.45, 7) is 3.94. The summed E-state index contributed by atoms with van der Waals surface area (Å²) in [5.41, 5.74) is 1.48. The molecular formula is C24H21Br2NO5. The predicted molar refractivity (Wildman–Crippen MR) is 128 cm³/mol. The van der Waals surface area contributed by atoms with Gasteiger partial charge in [0.05, 0.1) is 8.95 Å². The highest BCUT2D eigenvalue weighted by Gasteiger charge is 2.23. The Bertz CT molecular complexity index is 1130. The zero-order valence-corrected chi connectivity index (χ0v) is 20.5. The van der Waals surface area contributed by atoms with Gasteiger partial charge in [0.25, 0.3) is 5.91 Å². The molecule has 32 heavy (non-hydrogen) atoms. The minimum atomic E-state index is -1.18. The number of rotatable bonds is 7. The molecule has 0 spiro atoms. The van der Waals surface area contributed by atoms with Crippen LogP contribution in [-0.2, 0) is 4.79 Å². The standard InChI is InChI=1S/C24H21Br2NO5/c1-13(2)17-12-16(8-9-20(17)28)32-22-18(25)10-15(11-19(22)26)23(29)27-21(24(30)31)14-6-4-3-5-7-14/h3-13,21,28H,1-2H3,(H,27,29)(H,30,31)/t21-/m0/s1. The summed E-state index contributed by atoms with van der Waals surface area (Å²) in [6, 6.07) is 15.4. The van der Waals surface area contributed by atoms with Gasteiger partial charge >= 0.3 is 5.97 Å². The fraction of sp³-hybridized carbons (Fsp3) is 0.167. The Labute approximate surface area is 202 Å². The molecule has 3 N–H and O–H groups in total. The van der Waals surface area contributed by atoms with Crippen molar-refractivity contribution >= 4 is 43.7 Å². The van der Waals surface area contributed by atoms with E-state index in [9.17, 15) is 19.8 Å². The minimum absolute atomic E-state index is 0.114. The van der Waals surface area contributed by atoms with Crippen molar-refractivity contribution < 1.29 is 24.5 Å². The number of phenolic OH excluding ortho intramolecular Hbond substituents is 1. The largest absolute Gasteiger partial charge is 0.508 e. The second-order valence-corrected chi connectivity index (χ2v) is 9.11. The van der Waals surface area contributed by atoms with E-state index in [1.54, 1.807) is 60.7 Å². The van der Waals surface area contributed by atoms with Crippen LogP contribution in [0.1, 0.15) is 47.3 Å². The number of amides is 1. The van der Waals surface area contributed by atoms with Gasteiger partial charge in [-0.2, -0.15) is 0 Å². The third-order valence-electron chi connectivity index (χ3n) is 4.76. The first-order chi connectivity index (χ1) is 15.2. The number of ether oxygens (including phenoxy) is 1. The quantitative estimate of drug-likeness (QED) is 0.310. The van der Waals surface area contributed by atoms with Crippen molar-refractivity contribution in [3.63, 3.8) is 0 Å². The number of phenols is 1. The molecule has 0 saturated carbocycles. The van der Waals surface area contributed by atoms with Crippen molar-refractivity contribution in [1.82, 2.24) is 5.32 Å². The molecule has 8 heteroatoms. The van der Waals surface area contributed by atoms with E-state index < -0.39 is 17.9 Å². The molecule has 3 rings (SSSR count). The number of carbonyl (C=O) groups excluding carboxylic acids is 1. The van der Waals surface area contributed by atoms with Crippen molar-refractivity contribution in [2.24, 2.45) is 0 Å². The predicted octanol–water partition coefficient (Wildman–Crippen LogP) is 6.39. The van der Waals surface area contributed by atoms with Gasteiger partial charge in [0, 0.05) is 11.1 Å². The van der Waals surface area contributed by atoms with Crippen LogP contribution in [0.5, 0.6) is 17.2 Å². The highest BCUT2D eigenvalue weighted by Crippen LogP contribution is 2.39. The smallest absolute Gasteiger partial charge is 0.330 e. The van der Waals surface area contributed by atoms with Crippen molar-refractivity contribution in [1.29, 1.82) is 0 Å². The number of halogens is 2. The maximum absolute atomic E-state index is 12.8. The van der Waals surface area contributed by atoms with E-state index in [4.69, 9.17) is 4.74 Å². The lowest BCUT2D eigenvalue weighted by Crippen LogP contribution is -2.33. The van der Waals surface area contributed by atoms with Gasteiger partial charge in [-0.15, -0.1) is 0 Å². The zero-order valence-electron chi connectivity index (χ0n) is 17.3. The Kier molecular flexibility index (Phi) is 7.58. The number of benzene rings is 3. The molecule has 0 aromatic heterocycles. The lowest BCUT2D eigenvalue weighted by molar-refractivity contribution is -0.139. The van der Waals surface area contributed by atoms with Gasteiger partial charge in [0.1, 0.15) is 11.5 Å². The van der Waals surface area contributed by atoms with Gasteiger partial charge < -0.3 is 20.3 Å². The number of carboxylic acid groups (broad SMARTS) is 1. The number of aromatic hydroxyl groups is 1. The normalized spacial score (nSPS) is 11.8. The highest BCUT2D eigenvalue weighted by atomic mass is 79.9. The number of hydrogen-bond donors (Lipinski definition) is 3. The summed E-state index contributed by atoms with van der Waals surface area (Å²) in [4.78, 5) is 24.5. The topological polar surface area (TPSA) is 95.9 Å². The molecule has 6 nitrogen and oxygen atoms in total. The van der Waals surface area contributed by atoms with E-state index in [0.717, 1.165) is 5.56 Å². The zero-order chi connectivity index (χ0) is 23.4. The highest BCUT2D eigenvalue weighted by molar-refractivity contribution is 9.11. The molecular weight excluding hydrogens is 542 g/mol. The Balaban J connectivity index is 1.84. The minimum Gasteiger partial charge on any atom is -0.508 e. The van der Waals surface area contributed by atoms with Crippen LogP contribution in [0.4, 0.5) is 0 Å². The molecule has 0 aliphatic carbocycles. The Hall–Kier alpha value is -2.84. The summed E-state index contributed by atoms with van der Waals surface area (Å²) in [7, 11) is 0. The fourth-order valence-electron chi connectivity index (χ4n) is 3.11. The second kappa shape index (κ2) is 10.2. The molecule has 0 saturated heterocycles. The summed E-state index contributed by atoms with van der Waals surface area (Å²) in [6.07, 6.45) is 0. The second-order valence-electron chi connectivity index (χ2n) is 7.40. The van der Waals surface area contributed by atoms with Crippen LogP contribution in [-0.4, -0.2) is 22.1 Å². The van der Waals surface area contributed by atoms with Gasteiger partial charge in [-0.1, -0.05) is 44.2 Å². The van der Waals surface area contributed by atoms with Crippen molar-refractivity contribution in [2.45, 2.75) is 25.8 Å². The average molecular weight is 563 g/mol. The van der Waals surface area contributed by atoms with E-state index in [1.807, 2.05) is 13.8 Å². The average Bonchev–Trinajstić information content (AvgIpc) is 2.75. The Morgan fingerprint density at radius 3 is 2.16 bits per heavy atom. The van der Waals surface area contributed by atoms with Crippen LogP contribution in [0, 0.1) is 0 Å². The molecule has 1 atom stereocenters. The van der Waals surface area contributed by atoms with E-state index >= 15 is 0 Å². The molecule has 3 aromatic carbocycles. The first kappa shape index (κ1) is 23.8. The molecule has 0 radical (unpaired) electrons. The molecule has 1 amide bonds. The van der Waals surface area contributed by atoms with Crippen molar-refractivity contribution in [3.05, 3.63) is 86.3 Å². The lowest BCUT2D eigenvalue weighted by atomic mass is 10.0. The van der Waals surface area contributed by atoms with E-state index in [-0.39, 0.29) is 17.2 Å². The number of aliphatic carboxylic acids is 1. The summed E-state index contributed by atoms with van der Waals surface area (Å²) >= 11 is 6.85. The number of nitrogens with one attached hydrogen (secondary N) is 1. The van der Waals surface area contributed by atoms with Gasteiger partial charge in [-0.3, -0.25) is 4.79 Å². The van der Waals surface area contributed by atoms with Crippen molar-refractivity contribution in [2.75, 3.05) is 0 Å². The molecule has 0 unspecified atom stereocenters. The van der Waals surface area contributed by atoms with Crippen LogP contribution in [0.25, 0.3) is 0 Å². The molecule has 3 aromatic rings. The first-order valence-corrected chi connectivity index (χ1v) is 11.3. The molecule has 0 heterocycles. The number of carboxylic acids is 1. The molecule has 0 aliphatic heterocycles. The Morgan fingerprint density at radius 1 is 0.969 bits per heavy atom. The van der Waals surface area contributed by atoms with Gasteiger partial charge in [0.15, 0.2) is 11.8 Å². The third-order valence-corrected chi connectivity index (χ3v) is 5.93. The number of hydrogen-bond acceptors (Lipinski definition) is 4. The summed E-state index contributed by atoms with van der Waals surface area (Å²) in [5.74, 6) is -0.413. The van der Waals surface area contributed by atoms with Gasteiger partial charge in [0.2, 0.25) is 0 Å². The van der Waals surface area contributed by atoms with E-state index in [0.29, 0.717) is 26.0 Å². The molecule has 0 aliphatic rings. The van der Waals surface area contributed by atoms with Gasteiger partial charge in [-0.25, -0.2) is 4.79 Å². The third kappa shape index (κ3) is 5.49. The van der Waals surface area contributed by atoms with E-state index in [1.165, 1.54) is 0 Å². The summed E-state index contributed by atoms with van der Waals surface area (Å²) in [5, 5.41) is 22.1. The molecule has 0 bridgehead atoms. The van der Waals surface area contributed by atoms with Crippen LogP contribution in [0.3, 0.4) is 0 Å². The van der Waals surface area contributed by atoms with Crippen LogP contribution in [0.2, 0.25) is 0 Å². The van der Waals surface area contributed by atoms with E-state index in [2.05, 4.69) is 37.2 Å². The maximum atomic E-state index is 12.8. The van der Waals surface area contributed by atoms with Crippen molar-refractivity contribution in [3.8, 4) is 17.2 Å². The van der Waals surface area contributed by atoms with Crippen LogP contribution >= 0.6 is 31.9 Å². The van der Waals surface area contributed by atoms with Crippen LogP contribution in [0.15, 0.2) is 69.6 Å². The lowest BCUT2D eigenvalue weighted by Gasteiger charge is -2.17. The summed E-state index contributed by atoms with van der Waals surface area (Å²) < 4.78 is 6.98. The fourth-order valence-corrected chi connectivity index (χ4v) is 4.46. The van der Waals surface area contributed by atoms with Crippen LogP contribution < -0.4 is 10.1 Å². The number of carbonyl (C=O) groups is 2. The Morgan fingerprint density at radius 2 is 1.59 bits per heavy atom. The SMILES string of the molecule is CC(C)c1cc(Oc2c(Br)cc(C(=O)N[C@H](C(=O)O)c3ccccc3)cc2Br)ccc1O. The van der Waals surface area contributed by atoms with Gasteiger partial charge in [-0.05, 0) is 73.7 Å². The first-order valence-electron chi connectivity index (χ1n) is 9.75. The molecule has 166 valence electrons.